The Morgan fingerprint density at radius 3 is 1.28 bits per heavy atom. The highest BCUT2D eigenvalue weighted by Gasteiger charge is 2.36. The van der Waals surface area contributed by atoms with Crippen LogP contribution in [-0.2, 0) is 25.2 Å². The number of ether oxygens (including phenoxy) is 6. The van der Waals surface area contributed by atoms with Crippen molar-refractivity contribution in [1.29, 1.82) is 0 Å². The molecule has 458 valence electrons. The Kier molecular flexibility index (Phi) is 44.6. The van der Waals surface area contributed by atoms with E-state index in [4.69, 9.17) is 38.6 Å². The van der Waals surface area contributed by atoms with E-state index in [2.05, 4.69) is 252 Å². The summed E-state index contributed by atoms with van der Waals surface area (Å²) in [5, 5.41) is 36.5. The lowest BCUT2D eigenvalue weighted by Gasteiger charge is -2.17. The molecule has 0 aliphatic carbocycles. The molecule has 2 aliphatic heterocycles. The van der Waals surface area contributed by atoms with Gasteiger partial charge < -0.3 is 48.8 Å². The van der Waals surface area contributed by atoms with Crippen molar-refractivity contribution < 1.29 is 63.2 Å². The predicted octanol–water partition coefficient (Wildman–Crippen LogP) is 20.8. The van der Waals surface area contributed by atoms with Crippen molar-refractivity contribution in [3.63, 3.8) is 0 Å². The van der Waals surface area contributed by atoms with Gasteiger partial charge in [0.25, 0.3) is 0 Å². The van der Waals surface area contributed by atoms with Crippen LogP contribution >= 0.6 is 183 Å². The van der Waals surface area contributed by atoms with Crippen LogP contribution in [0.15, 0.2) is 117 Å². The summed E-state index contributed by atoms with van der Waals surface area (Å²) in [6.07, 6.45) is 5.07. The Bertz CT molecular complexity index is 2700. The van der Waals surface area contributed by atoms with Gasteiger partial charge in [-0.05, 0) is 145 Å². The number of carbonyl (C=O) groups excluding carboxylic acids is 3. The third-order valence-corrected chi connectivity index (χ3v) is 17.0. The molecule has 2 heterocycles. The average molecular weight is 2010 g/mol. The van der Waals surface area contributed by atoms with Crippen LogP contribution in [0.1, 0.15) is 127 Å². The van der Waals surface area contributed by atoms with Crippen molar-refractivity contribution in [2.75, 3.05) is 24.2 Å². The van der Waals surface area contributed by atoms with Gasteiger partial charge in [0.2, 0.25) is 0 Å². The number of phenolic OH excluding ortho intramolecular Hbond substituents is 4. The van der Waals surface area contributed by atoms with Crippen LogP contribution in [-0.4, -0.2) is 63.9 Å². The van der Waals surface area contributed by atoms with E-state index < -0.39 is 5.97 Å². The normalized spacial score (nSPS) is 12.1. The molecule has 2 aliphatic rings. The highest BCUT2D eigenvalue weighted by atomic mass is 127. The molecule has 5 aromatic carbocycles. The minimum Gasteiger partial charge on any atom is -0.508 e. The number of benzene rings is 5. The Labute approximate surface area is 593 Å². The first-order valence-electron chi connectivity index (χ1n) is 25.5. The minimum absolute atomic E-state index is 0.0498. The smallest absolute Gasteiger partial charge is 0.308 e. The molecule has 5 aromatic rings. The van der Waals surface area contributed by atoms with E-state index in [0.29, 0.717) is 61.4 Å². The standard InChI is InChI=1S/C12H13BrO3.C12H14O3.C10H12O2.C8H7BrO3.C6H5BrO2.C3H5I3.C3H6I2.C3H7I.C3H8/c1-8(2)7-15-10-5-4-6-11(12(10)13)16-9(3)14;1-8(13)15-10-6-4-5-9-11(10)12(2,3)7-14-9;1-10(2)6-12-8-5-3-4-7(11)9(8)10;1-5(10)12-7-4-2-3-6(11)8(7)9;7-6-4(8)2-1-3-5(6)9;1-2-3(4,5)6;1-2-3(4)5;1-2-3-4;1-3-2/h4-6H,1,7H2,2-3H3;4-6H,7H2,1-3H3;3-5,11H,6H2,1-2H3;2-4,11H,1H3;1-3,8-9H;2H2,1H3;3H,2H2,1H3;2-3H2,1H3;3H2,1-2H3. The van der Waals surface area contributed by atoms with Crippen molar-refractivity contribution in [1.82, 2.24) is 0 Å². The average Bonchev–Trinajstić information content (AvgIpc) is 4.00. The summed E-state index contributed by atoms with van der Waals surface area (Å²) >= 11 is 23.8. The monoisotopic (exact) mass is 2000 g/mol. The molecule has 7 rings (SSSR count). The quantitative estimate of drug-likeness (QED) is 0.0359. The van der Waals surface area contributed by atoms with Crippen LogP contribution < -0.4 is 28.4 Å². The third-order valence-electron chi connectivity index (χ3n) is 9.49. The second-order valence-corrected chi connectivity index (χ2v) is 39.1. The third kappa shape index (κ3) is 35.5. The summed E-state index contributed by atoms with van der Waals surface area (Å²) < 4.78 is 35.3. The van der Waals surface area contributed by atoms with Crippen molar-refractivity contribution in [3.05, 3.63) is 128 Å². The number of halogens is 9. The van der Waals surface area contributed by atoms with E-state index in [1.54, 1.807) is 54.6 Å². The van der Waals surface area contributed by atoms with E-state index >= 15 is 0 Å². The number of aromatic hydroxyl groups is 4. The molecule has 0 aromatic heterocycles. The van der Waals surface area contributed by atoms with E-state index in [9.17, 15) is 24.6 Å². The summed E-state index contributed by atoms with van der Waals surface area (Å²) in [6.45, 7) is 30.5. The van der Waals surface area contributed by atoms with E-state index in [1.165, 1.54) is 69.1 Å². The molecule has 22 heteroatoms. The second kappa shape index (κ2) is 44.2. The molecule has 82 heavy (non-hydrogen) atoms. The number of hydrogen-bond acceptors (Lipinski definition) is 13. The van der Waals surface area contributed by atoms with Crippen LogP contribution in [0.2, 0.25) is 0 Å². The first-order chi connectivity index (χ1) is 38.1. The highest BCUT2D eigenvalue weighted by molar-refractivity contribution is 14.3. The van der Waals surface area contributed by atoms with Crippen LogP contribution in [0.3, 0.4) is 0 Å². The SMILES string of the molecule is C=C(C)COc1cccc(OC(C)=O)c1Br.CC(=O)Oc1cccc(O)c1Br.CC(=O)Oc1cccc2c1C(C)(C)CO2.CC1(C)COc2cccc(O)c21.CCC.CCC(I)(I)I.CCC(I)I.CCCI.Oc1cccc(O)c1Br. The van der Waals surface area contributed by atoms with E-state index in [-0.39, 0.29) is 40.0 Å². The molecule has 4 N–H and O–H groups in total. The molecule has 0 unspecified atom stereocenters. The molecular weight excluding hydrogens is 1930 g/mol. The number of carbonyl (C=O) groups is 3. The van der Waals surface area contributed by atoms with Gasteiger partial charge in [-0.3, -0.25) is 14.4 Å². The molecule has 0 atom stereocenters. The van der Waals surface area contributed by atoms with Crippen molar-refractivity contribution in [3.8, 4) is 57.5 Å². The zero-order valence-corrected chi connectivity index (χ0v) is 66.2. The number of alkyl halides is 6. The van der Waals surface area contributed by atoms with Crippen LogP contribution in [0, 0.1) is 0 Å². The molecule has 0 saturated heterocycles. The van der Waals surface area contributed by atoms with E-state index in [1.807, 2.05) is 25.1 Å². The van der Waals surface area contributed by atoms with Gasteiger partial charge in [0, 0.05) is 42.7 Å². The van der Waals surface area contributed by atoms with Gasteiger partial charge in [-0.2, -0.15) is 0 Å². The summed E-state index contributed by atoms with van der Waals surface area (Å²) in [7, 11) is 0. The lowest BCUT2D eigenvalue weighted by atomic mass is 9.86. The Hall–Kier alpha value is -1.33. The molecule has 0 fully saturated rings. The fourth-order valence-corrected chi connectivity index (χ4v) is 6.87. The van der Waals surface area contributed by atoms with Crippen molar-refractivity contribution >= 4 is 201 Å². The number of hydrogen-bond donors (Lipinski definition) is 4. The van der Waals surface area contributed by atoms with Gasteiger partial charge in [-0.1, -0.05) is 241 Å². The maximum absolute atomic E-state index is 11.0. The van der Waals surface area contributed by atoms with Gasteiger partial charge in [0.1, 0.15) is 77.0 Å². The highest BCUT2D eigenvalue weighted by Crippen LogP contribution is 2.45. The largest absolute Gasteiger partial charge is 0.508 e. The zero-order valence-electron chi connectivity index (χ0n) is 48.5. The summed E-state index contributed by atoms with van der Waals surface area (Å²) in [6, 6.07) is 25.4. The Morgan fingerprint density at radius 1 is 0.585 bits per heavy atom. The van der Waals surface area contributed by atoms with Crippen LogP contribution in [0.5, 0.6) is 57.5 Å². The summed E-state index contributed by atoms with van der Waals surface area (Å²) in [4.78, 5) is 32.4. The number of phenols is 4. The first-order valence-corrected chi connectivity index (χ1v) is 35.1. The maximum atomic E-state index is 11.0. The molecule has 0 bridgehead atoms. The minimum atomic E-state index is -0.415. The van der Waals surface area contributed by atoms with Gasteiger partial charge in [-0.15, -0.1) is 0 Å². The van der Waals surface area contributed by atoms with Crippen LogP contribution in [0.25, 0.3) is 0 Å². The topological polar surface area (TPSA) is 188 Å². The zero-order chi connectivity index (χ0) is 63.6. The summed E-state index contributed by atoms with van der Waals surface area (Å²) in [5.41, 5.74) is 2.69. The van der Waals surface area contributed by atoms with Gasteiger partial charge >= 0.3 is 17.9 Å². The van der Waals surface area contributed by atoms with Crippen molar-refractivity contribution in [2.45, 2.75) is 128 Å². The molecule has 0 saturated carbocycles. The molecule has 0 amide bonds. The Morgan fingerprint density at radius 2 is 0.902 bits per heavy atom. The first kappa shape index (κ1) is 82.7. The second-order valence-electron chi connectivity index (χ2n) is 18.6. The Balaban J connectivity index is 0. The van der Waals surface area contributed by atoms with Gasteiger partial charge in [0.05, 0.1) is 15.1 Å². The maximum Gasteiger partial charge on any atom is 0.308 e. The molecule has 0 radical (unpaired) electrons. The molecule has 13 nitrogen and oxygen atoms in total. The predicted molar refractivity (Wildman–Crippen MR) is 396 cm³/mol. The van der Waals surface area contributed by atoms with Crippen molar-refractivity contribution in [2.24, 2.45) is 0 Å². The molecular formula is C60H77Br3I6O13. The lowest BCUT2D eigenvalue weighted by molar-refractivity contribution is -0.132. The van der Waals surface area contributed by atoms with Crippen LogP contribution in [0.4, 0.5) is 0 Å². The molecule has 0 spiro atoms. The number of rotatable bonds is 9. The number of fused-ring (bicyclic) bond motifs is 2. The fraction of sp³-hybridized carbons (Fsp3) is 0.417. The fourth-order valence-electron chi connectivity index (χ4n) is 5.80. The lowest BCUT2D eigenvalue weighted by Crippen LogP contribution is -2.19. The van der Waals surface area contributed by atoms with E-state index in [0.717, 1.165) is 30.1 Å². The van der Waals surface area contributed by atoms with Gasteiger partial charge in [-0.25, -0.2) is 0 Å². The van der Waals surface area contributed by atoms with Gasteiger partial charge in [0.15, 0.2) is 0 Å². The number of esters is 3. The summed E-state index contributed by atoms with van der Waals surface area (Å²) in [5.74, 6) is 3.07.